The number of anilines is 1. The van der Waals surface area contributed by atoms with Gasteiger partial charge in [0.05, 0.1) is 16.2 Å². The van der Waals surface area contributed by atoms with E-state index in [9.17, 15) is 4.79 Å². The van der Waals surface area contributed by atoms with E-state index in [2.05, 4.69) is 15.3 Å². The smallest absolute Gasteiger partial charge is 0.267 e. The zero-order valence-electron chi connectivity index (χ0n) is 13.1. The fraction of sp³-hybridized carbons (Fsp3) is 0.0556. The van der Waals surface area contributed by atoms with Crippen molar-refractivity contribution in [3.8, 4) is 11.1 Å². The summed E-state index contributed by atoms with van der Waals surface area (Å²) in [6.07, 6.45) is 1.39. The van der Waals surface area contributed by atoms with Gasteiger partial charge in [0.15, 0.2) is 12.0 Å². The van der Waals surface area contributed by atoms with Gasteiger partial charge in [0, 0.05) is 11.3 Å². The van der Waals surface area contributed by atoms with Crippen LogP contribution in [0, 0.1) is 6.92 Å². The average Bonchev–Trinajstić information content (AvgIpc) is 3.23. The van der Waals surface area contributed by atoms with E-state index in [1.165, 1.54) is 17.7 Å². The highest BCUT2D eigenvalue weighted by Gasteiger charge is 2.12. The molecule has 0 aliphatic heterocycles. The van der Waals surface area contributed by atoms with Crippen LogP contribution in [0.1, 0.15) is 15.4 Å². The Kier molecular flexibility index (Phi) is 3.99. The summed E-state index contributed by atoms with van der Waals surface area (Å²) in [6, 6.07) is 11.1. The third-order valence-corrected chi connectivity index (χ3v) is 5.07. The molecule has 7 heteroatoms. The minimum absolute atomic E-state index is 0.158. The van der Waals surface area contributed by atoms with Crippen molar-refractivity contribution in [3.63, 3.8) is 0 Å². The lowest BCUT2D eigenvalue weighted by atomic mass is 10.0. The van der Waals surface area contributed by atoms with Gasteiger partial charge in [-0.2, -0.15) is 0 Å². The summed E-state index contributed by atoms with van der Waals surface area (Å²) in [5, 5.41) is 3.47. The van der Waals surface area contributed by atoms with Crippen molar-refractivity contribution < 1.29 is 9.21 Å². The molecule has 0 spiro atoms. The number of aryl methyl sites for hydroxylation is 1. The highest BCUT2D eigenvalue weighted by molar-refractivity contribution is 7.12. The van der Waals surface area contributed by atoms with Crippen molar-refractivity contribution in [2.24, 2.45) is 0 Å². The molecule has 124 valence electrons. The Morgan fingerprint density at radius 1 is 1.20 bits per heavy atom. The van der Waals surface area contributed by atoms with Crippen molar-refractivity contribution in [2.75, 3.05) is 5.32 Å². The third kappa shape index (κ3) is 3.01. The minimum atomic E-state index is -0.158. The number of aromatic nitrogens is 2. The Hall–Kier alpha value is -2.70. The van der Waals surface area contributed by atoms with E-state index in [1.807, 2.05) is 37.3 Å². The van der Waals surface area contributed by atoms with Crippen LogP contribution in [0.5, 0.6) is 0 Å². The number of hydrogen-bond donors (Lipinski definition) is 1. The fourth-order valence-corrected chi connectivity index (χ4v) is 3.50. The number of thiazole rings is 1. The second-order valence-corrected chi connectivity index (χ2v) is 6.71. The lowest BCUT2D eigenvalue weighted by Crippen LogP contribution is -2.11. The van der Waals surface area contributed by atoms with Crippen molar-refractivity contribution in [1.29, 1.82) is 0 Å². The molecule has 0 bridgehead atoms. The van der Waals surface area contributed by atoms with E-state index in [1.54, 1.807) is 11.6 Å². The van der Waals surface area contributed by atoms with E-state index in [4.69, 9.17) is 16.0 Å². The van der Waals surface area contributed by atoms with Gasteiger partial charge in [-0.3, -0.25) is 4.79 Å². The quantitative estimate of drug-likeness (QED) is 0.541. The van der Waals surface area contributed by atoms with Crippen molar-refractivity contribution in [3.05, 3.63) is 63.9 Å². The molecule has 0 aliphatic rings. The molecule has 2 aromatic carbocycles. The lowest BCUT2D eigenvalue weighted by Gasteiger charge is -2.07. The predicted molar refractivity (Wildman–Crippen MR) is 99.3 cm³/mol. The first-order chi connectivity index (χ1) is 12.1. The summed E-state index contributed by atoms with van der Waals surface area (Å²) < 4.78 is 5.33. The van der Waals surface area contributed by atoms with Gasteiger partial charge < -0.3 is 9.73 Å². The summed E-state index contributed by atoms with van der Waals surface area (Å²) in [4.78, 5) is 21.0. The van der Waals surface area contributed by atoms with E-state index in [-0.39, 0.29) is 5.91 Å². The van der Waals surface area contributed by atoms with Crippen molar-refractivity contribution in [2.45, 2.75) is 6.92 Å². The van der Waals surface area contributed by atoms with Crippen LogP contribution in [-0.4, -0.2) is 15.9 Å². The van der Waals surface area contributed by atoms with Crippen LogP contribution in [0.25, 0.3) is 22.2 Å². The number of hydrogen-bond acceptors (Lipinski definition) is 5. The molecule has 5 nitrogen and oxygen atoms in total. The van der Waals surface area contributed by atoms with Crippen LogP contribution in [0.3, 0.4) is 0 Å². The molecular formula is C18H12ClN3O2S. The number of fused-ring (bicyclic) bond motifs is 1. The number of carbonyl (C=O) groups excluding carboxylic acids is 1. The maximum atomic E-state index is 12.2. The average molecular weight is 370 g/mol. The number of halogens is 1. The zero-order valence-corrected chi connectivity index (χ0v) is 14.7. The van der Waals surface area contributed by atoms with E-state index >= 15 is 0 Å². The van der Waals surface area contributed by atoms with Crippen LogP contribution in [0.4, 0.5) is 5.69 Å². The largest absolute Gasteiger partial charge is 0.443 e. The SMILES string of the molecule is Cc1ncsc1C(=O)Nc1ccc(-c2cc3ocnc3cc2Cl)cc1. The van der Waals surface area contributed by atoms with Crippen molar-refractivity contribution in [1.82, 2.24) is 9.97 Å². The van der Waals surface area contributed by atoms with E-state index in [0.717, 1.165) is 22.3 Å². The molecule has 2 heterocycles. The number of amides is 1. The van der Waals surface area contributed by atoms with Crippen LogP contribution in [0.15, 0.2) is 52.7 Å². The van der Waals surface area contributed by atoms with E-state index in [0.29, 0.717) is 21.2 Å². The Morgan fingerprint density at radius 3 is 2.72 bits per heavy atom. The molecule has 0 radical (unpaired) electrons. The first-order valence-electron chi connectivity index (χ1n) is 7.46. The number of oxazole rings is 1. The van der Waals surface area contributed by atoms with Gasteiger partial charge in [-0.05, 0) is 36.8 Å². The molecule has 0 saturated carbocycles. The molecule has 4 rings (SSSR count). The number of nitrogens with one attached hydrogen (secondary N) is 1. The molecule has 0 unspecified atom stereocenters. The van der Waals surface area contributed by atoms with Gasteiger partial charge in [-0.1, -0.05) is 23.7 Å². The van der Waals surface area contributed by atoms with Crippen LogP contribution in [0.2, 0.25) is 5.02 Å². The molecule has 25 heavy (non-hydrogen) atoms. The Labute approximate surface area is 152 Å². The molecule has 4 aromatic rings. The molecule has 1 amide bonds. The maximum absolute atomic E-state index is 12.2. The summed E-state index contributed by atoms with van der Waals surface area (Å²) >= 11 is 7.67. The predicted octanol–water partition coefficient (Wildman–Crippen LogP) is 5.17. The maximum Gasteiger partial charge on any atom is 0.267 e. The van der Waals surface area contributed by atoms with E-state index < -0.39 is 0 Å². The normalized spacial score (nSPS) is 11.0. The molecule has 1 N–H and O–H groups in total. The Bertz CT molecular complexity index is 1070. The monoisotopic (exact) mass is 369 g/mol. The van der Waals surface area contributed by atoms with Crippen LogP contribution >= 0.6 is 22.9 Å². The number of nitrogens with zero attached hydrogens (tertiary/aromatic N) is 2. The summed E-state index contributed by atoms with van der Waals surface area (Å²) in [7, 11) is 0. The number of carbonyl (C=O) groups is 1. The highest BCUT2D eigenvalue weighted by atomic mass is 35.5. The molecule has 0 atom stereocenters. The van der Waals surface area contributed by atoms with Crippen LogP contribution in [-0.2, 0) is 0 Å². The molecule has 0 saturated heterocycles. The van der Waals surface area contributed by atoms with Gasteiger partial charge in [0.1, 0.15) is 10.4 Å². The summed E-state index contributed by atoms with van der Waals surface area (Å²) in [5.41, 5.74) is 6.27. The van der Waals surface area contributed by atoms with Gasteiger partial charge in [0.2, 0.25) is 0 Å². The van der Waals surface area contributed by atoms with Gasteiger partial charge in [0.25, 0.3) is 5.91 Å². The fourth-order valence-electron chi connectivity index (χ4n) is 2.54. The first-order valence-corrected chi connectivity index (χ1v) is 8.72. The Balaban J connectivity index is 1.60. The van der Waals surface area contributed by atoms with Gasteiger partial charge >= 0.3 is 0 Å². The number of rotatable bonds is 3. The van der Waals surface area contributed by atoms with Gasteiger partial charge in [-0.25, -0.2) is 9.97 Å². The molecule has 0 fully saturated rings. The topological polar surface area (TPSA) is 68.0 Å². The zero-order chi connectivity index (χ0) is 17.4. The first kappa shape index (κ1) is 15.8. The Morgan fingerprint density at radius 2 is 2.00 bits per heavy atom. The van der Waals surface area contributed by atoms with Crippen molar-refractivity contribution >= 4 is 45.6 Å². The van der Waals surface area contributed by atoms with Crippen LogP contribution < -0.4 is 5.32 Å². The summed E-state index contributed by atoms with van der Waals surface area (Å²) in [5.74, 6) is -0.158. The van der Waals surface area contributed by atoms with Gasteiger partial charge in [-0.15, -0.1) is 11.3 Å². The molecular weight excluding hydrogens is 358 g/mol. The second-order valence-electron chi connectivity index (χ2n) is 5.45. The third-order valence-electron chi connectivity index (χ3n) is 3.83. The number of benzene rings is 2. The summed E-state index contributed by atoms with van der Waals surface area (Å²) in [6.45, 7) is 1.82. The molecule has 0 aliphatic carbocycles. The standard InChI is InChI=1S/C18H12ClN3O2S/c1-10-17(25-9-21-10)18(23)22-12-4-2-11(3-5-12)13-6-16-15(7-14(13)19)20-8-24-16/h2-9H,1H3,(H,22,23). The molecule has 2 aromatic heterocycles. The second kappa shape index (κ2) is 6.31. The highest BCUT2D eigenvalue weighted by Crippen LogP contribution is 2.32. The minimum Gasteiger partial charge on any atom is -0.443 e. The lowest BCUT2D eigenvalue weighted by molar-refractivity contribution is 0.103.